The zero-order valence-corrected chi connectivity index (χ0v) is 11.7. The minimum absolute atomic E-state index is 0.136. The van der Waals surface area contributed by atoms with Crippen LogP contribution in [0.3, 0.4) is 0 Å². The minimum Gasteiger partial charge on any atom is -0.378 e. The van der Waals surface area contributed by atoms with Crippen LogP contribution < -0.4 is 0 Å². The highest BCUT2D eigenvalue weighted by atomic mass is 16.6. The molecule has 0 saturated carbocycles. The van der Waals surface area contributed by atoms with Crippen LogP contribution in [0, 0.1) is 11.8 Å². The first-order valence-electron chi connectivity index (χ1n) is 7.42. The van der Waals surface area contributed by atoms with E-state index < -0.39 is 0 Å². The van der Waals surface area contributed by atoms with Gasteiger partial charge in [0.05, 0.1) is 12.2 Å². The van der Waals surface area contributed by atoms with Crippen molar-refractivity contribution in [1.82, 2.24) is 0 Å². The Bertz CT molecular complexity index is 281. The van der Waals surface area contributed by atoms with Gasteiger partial charge in [0, 0.05) is 31.5 Å². The molecule has 2 saturated heterocycles. The fraction of sp³-hybridized carbons (Fsp3) is 0.933. The Morgan fingerprint density at radius 1 is 1.44 bits per heavy atom. The van der Waals surface area contributed by atoms with Gasteiger partial charge in [-0.1, -0.05) is 26.7 Å². The van der Waals surface area contributed by atoms with Crippen LogP contribution in [0.15, 0.2) is 0 Å². The molecule has 0 aliphatic carbocycles. The Balaban J connectivity index is 1.89. The third kappa shape index (κ3) is 3.12. The van der Waals surface area contributed by atoms with E-state index in [0.717, 1.165) is 45.3 Å². The normalized spacial score (nSPS) is 33.8. The smallest absolute Gasteiger partial charge is 0.138 e. The van der Waals surface area contributed by atoms with Gasteiger partial charge in [0.15, 0.2) is 0 Å². The van der Waals surface area contributed by atoms with Gasteiger partial charge < -0.3 is 9.47 Å². The lowest BCUT2D eigenvalue weighted by Gasteiger charge is -2.37. The highest BCUT2D eigenvalue weighted by molar-refractivity contribution is 5.83. The molecule has 3 nitrogen and oxygen atoms in total. The van der Waals surface area contributed by atoms with Gasteiger partial charge in [0.2, 0.25) is 0 Å². The van der Waals surface area contributed by atoms with Crippen molar-refractivity contribution in [1.29, 1.82) is 0 Å². The van der Waals surface area contributed by atoms with Crippen LogP contribution in [0.5, 0.6) is 0 Å². The predicted octanol–water partition coefficient (Wildman–Crippen LogP) is 2.97. The standard InChI is InChI=1S/C15H26O3/c1-3-4-5-12(2)14(16)13-6-8-18-15(10-13)7-9-17-11-15/h12-13H,3-11H2,1-2H3. The molecule has 104 valence electrons. The predicted molar refractivity (Wildman–Crippen MR) is 70.5 cm³/mol. The molecule has 2 aliphatic rings. The molecule has 1 spiro atoms. The molecule has 0 amide bonds. The Hall–Kier alpha value is -0.410. The van der Waals surface area contributed by atoms with Crippen LogP contribution in [0.2, 0.25) is 0 Å². The first-order chi connectivity index (χ1) is 8.67. The van der Waals surface area contributed by atoms with E-state index in [9.17, 15) is 4.79 Å². The summed E-state index contributed by atoms with van der Waals surface area (Å²) in [5, 5.41) is 0. The van der Waals surface area contributed by atoms with Gasteiger partial charge in [-0.25, -0.2) is 0 Å². The Kier molecular flexibility index (Phi) is 4.79. The van der Waals surface area contributed by atoms with E-state index in [1.54, 1.807) is 0 Å². The van der Waals surface area contributed by atoms with Gasteiger partial charge in [-0.3, -0.25) is 4.79 Å². The summed E-state index contributed by atoms with van der Waals surface area (Å²) in [4.78, 5) is 12.4. The molecule has 0 radical (unpaired) electrons. The number of carbonyl (C=O) groups excluding carboxylic acids is 1. The van der Waals surface area contributed by atoms with Crippen molar-refractivity contribution < 1.29 is 14.3 Å². The van der Waals surface area contributed by atoms with Crippen LogP contribution in [-0.2, 0) is 14.3 Å². The van der Waals surface area contributed by atoms with Crippen molar-refractivity contribution in [2.45, 2.75) is 58.0 Å². The number of unbranched alkanes of at least 4 members (excludes halogenated alkanes) is 1. The number of Topliss-reactive ketones (excluding diaryl/α,β-unsaturated/α-hetero) is 1. The molecule has 0 aromatic heterocycles. The molecule has 3 heteroatoms. The molecule has 0 aromatic rings. The lowest BCUT2D eigenvalue weighted by atomic mass is 9.79. The molecule has 3 unspecified atom stereocenters. The Morgan fingerprint density at radius 2 is 2.28 bits per heavy atom. The maximum absolute atomic E-state index is 12.4. The van der Waals surface area contributed by atoms with Crippen LogP contribution in [0.4, 0.5) is 0 Å². The molecule has 3 atom stereocenters. The first-order valence-corrected chi connectivity index (χ1v) is 7.42. The van der Waals surface area contributed by atoms with Gasteiger partial charge in [0.25, 0.3) is 0 Å². The largest absolute Gasteiger partial charge is 0.378 e. The van der Waals surface area contributed by atoms with Crippen molar-refractivity contribution in [3.05, 3.63) is 0 Å². The Morgan fingerprint density at radius 3 is 2.94 bits per heavy atom. The zero-order valence-electron chi connectivity index (χ0n) is 11.7. The third-order valence-electron chi connectivity index (χ3n) is 4.44. The lowest BCUT2D eigenvalue weighted by Crippen LogP contribution is -2.43. The topological polar surface area (TPSA) is 35.5 Å². The fourth-order valence-electron chi connectivity index (χ4n) is 3.19. The number of rotatable bonds is 5. The average molecular weight is 254 g/mol. The highest BCUT2D eigenvalue weighted by Crippen LogP contribution is 2.37. The lowest BCUT2D eigenvalue weighted by molar-refractivity contribution is -0.140. The summed E-state index contributed by atoms with van der Waals surface area (Å²) in [6, 6.07) is 0. The van der Waals surface area contributed by atoms with Crippen LogP contribution in [0.25, 0.3) is 0 Å². The molecule has 2 rings (SSSR count). The van der Waals surface area contributed by atoms with Crippen molar-refractivity contribution in [2.75, 3.05) is 19.8 Å². The number of ketones is 1. The van der Waals surface area contributed by atoms with E-state index in [-0.39, 0.29) is 17.4 Å². The molecular formula is C15H26O3. The van der Waals surface area contributed by atoms with E-state index in [1.165, 1.54) is 6.42 Å². The summed E-state index contributed by atoms with van der Waals surface area (Å²) < 4.78 is 11.3. The number of carbonyl (C=O) groups is 1. The van der Waals surface area contributed by atoms with Gasteiger partial charge in [-0.15, -0.1) is 0 Å². The van der Waals surface area contributed by atoms with Gasteiger partial charge >= 0.3 is 0 Å². The summed E-state index contributed by atoms with van der Waals surface area (Å²) in [7, 11) is 0. The maximum Gasteiger partial charge on any atom is 0.138 e. The van der Waals surface area contributed by atoms with Crippen molar-refractivity contribution in [3.8, 4) is 0 Å². The zero-order chi connectivity index (χ0) is 13.0. The van der Waals surface area contributed by atoms with E-state index >= 15 is 0 Å². The van der Waals surface area contributed by atoms with Crippen molar-refractivity contribution >= 4 is 5.78 Å². The second kappa shape index (κ2) is 6.16. The van der Waals surface area contributed by atoms with E-state index in [2.05, 4.69) is 13.8 Å². The number of hydrogen-bond donors (Lipinski definition) is 0. The summed E-state index contributed by atoms with van der Waals surface area (Å²) in [6.45, 7) is 6.45. The van der Waals surface area contributed by atoms with Gasteiger partial charge in [-0.05, 0) is 19.3 Å². The third-order valence-corrected chi connectivity index (χ3v) is 4.44. The summed E-state index contributed by atoms with van der Waals surface area (Å²) in [5.41, 5.74) is -0.136. The molecule has 2 fully saturated rings. The van der Waals surface area contributed by atoms with Crippen LogP contribution >= 0.6 is 0 Å². The maximum atomic E-state index is 12.4. The quantitative estimate of drug-likeness (QED) is 0.756. The second-order valence-electron chi connectivity index (χ2n) is 5.97. The Labute approximate surface area is 110 Å². The molecule has 2 aliphatic heterocycles. The molecule has 0 N–H and O–H groups in total. The molecular weight excluding hydrogens is 228 g/mol. The monoisotopic (exact) mass is 254 g/mol. The molecule has 18 heavy (non-hydrogen) atoms. The second-order valence-corrected chi connectivity index (χ2v) is 5.97. The van der Waals surface area contributed by atoms with Crippen molar-refractivity contribution in [3.63, 3.8) is 0 Å². The van der Waals surface area contributed by atoms with Crippen LogP contribution in [0.1, 0.15) is 52.4 Å². The summed E-state index contributed by atoms with van der Waals surface area (Å²) in [6.07, 6.45) is 6.10. The van der Waals surface area contributed by atoms with Crippen molar-refractivity contribution in [2.24, 2.45) is 11.8 Å². The summed E-state index contributed by atoms with van der Waals surface area (Å²) >= 11 is 0. The first kappa shape index (κ1) is 14.0. The number of hydrogen-bond acceptors (Lipinski definition) is 3. The van der Waals surface area contributed by atoms with E-state index in [0.29, 0.717) is 12.4 Å². The fourth-order valence-corrected chi connectivity index (χ4v) is 3.19. The SMILES string of the molecule is CCCCC(C)C(=O)C1CCOC2(CCOC2)C1. The average Bonchev–Trinajstić information content (AvgIpc) is 2.83. The van der Waals surface area contributed by atoms with Gasteiger partial charge in [0.1, 0.15) is 5.78 Å². The van der Waals surface area contributed by atoms with E-state index in [4.69, 9.17) is 9.47 Å². The molecule has 0 bridgehead atoms. The summed E-state index contributed by atoms with van der Waals surface area (Å²) in [5.74, 6) is 0.873. The van der Waals surface area contributed by atoms with Crippen LogP contribution in [-0.4, -0.2) is 31.2 Å². The highest BCUT2D eigenvalue weighted by Gasteiger charge is 2.43. The molecule has 2 heterocycles. The number of ether oxygens (including phenoxy) is 2. The minimum atomic E-state index is -0.136. The molecule has 0 aromatic carbocycles. The van der Waals surface area contributed by atoms with Gasteiger partial charge in [-0.2, -0.15) is 0 Å². The van der Waals surface area contributed by atoms with E-state index in [1.807, 2.05) is 0 Å².